The van der Waals surface area contributed by atoms with Gasteiger partial charge < -0.3 is 19.9 Å². The van der Waals surface area contributed by atoms with E-state index in [1.165, 1.54) is 0 Å². The summed E-state index contributed by atoms with van der Waals surface area (Å²) in [5, 5.41) is 2.50. The second-order valence-electron chi connectivity index (χ2n) is 8.01. The molecule has 3 amide bonds. The molecule has 9 heteroatoms. The molecule has 1 aromatic heterocycles. The third kappa shape index (κ3) is 4.23. The summed E-state index contributed by atoms with van der Waals surface area (Å²) in [4.78, 5) is 44.3. The molecule has 3 heterocycles. The Kier molecular flexibility index (Phi) is 5.12. The van der Waals surface area contributed by atoms with Crippen LogP contribution in [0.25, 0.3) is 0 Å². The van der Waals surface area contributed by atoms with Crippen molar-refractivity contribution in [2.24, 2.45) is 0 Å². The molecule has 1 fully saturated rings. The first-order chi connectivity index (χ1) is 12.7. The third-order valence-electron chi connectivity index (χ3n) is 4.82. The number of imidazole rings is 1. The summed E-state index contributed by atoms with van der Waals surface area (Å²) >= 11 is 0. The Balaban J connectivity index is 1.46. The van der Waals surface area contributed by atoms with Crippen molar-refractivity contribution in [1.82, 2.24) is 24.7 Å². The molecule has 0 spiro atoms. The van der Waals surface area contributed by atoms with Crippen LogP contribution in [0.4, 0.5) is 9.59 Å². The number of hydrogen-bond donors (Lipinski definition) is 1. The number of alkyl carbamates (subject to hydrolysis) is 1. The van der Waals surface area contributed by atoms with Crippen LogP contribution in [0.5, 0.6) is 0 Å². The van der Waals surface area contributed by atoms with E-state index >= 15 is 0 Å². The number of rotatable bonds is 3. The first-order valence-electron chi connectivity index (χ1n) is 9.24. The molecule has 0 aromatic carbocycles. The van der Waals surface area contributed by atoms with E-state index in [4.69, 9.17) is 4.74 Å². The molecule has 1 saturated heterocycles. The van der Waals surface area contributed by atoms with Gasteiger partial charge in [-0.1, -0.05) is 0 Å². The number of piperidine rings is 1. The Morgan fingerprint density at radius 1 is 1.30 bits per heavy atom. The largest absolute Gasteiger partial charge is 0.444 e. The number of aryl methyl sites for hydroxylation is 1. The zero-order valence-corrected chi connectivity index (χ0v) is 16.3. The van der Waals surface area contributed by atoms with Crippen molar-refractivity contribution in [1.29, 1.82) is 0 Å². The highest BCUT2D eigenvalue weighted by molar-refractivity contribution is 5.83. The van der Waals surface area contributed by atoms with Crippen molar-refractivity contribution in [3.8, 4) is 0 Å². The first kappa shape index (κ1) is 19.2. The molecule has 0 radical (unpaired) electrons. The van der Waals surface area contributed by atoms with E-state index in [1.807, 2.05) is 11.8 Å². The molecule has 1 aromatic rings. The second-order valence-corrected chi connectivity index (χ2v) is 8.01. The fraction of sp³-hybridized carbons (Fsp3) is 0.667. The van der Waals surface area contributed by atoms with Gasteiger partial charge in [0.2, 0.25) is 5.91 Å². The highest BCUT2D eigenvalue weighted by atomic mass is 16.6. The molecule has 2 aliphatic rings. The van der Waals surface area contributed by atoms with E-state index in [0.717, 1.165) is 18.5 Å². The summed E-state index contributed by atoms with van der Waals surface area (Å²) < 4.78 is 6.79. The van der Waals surface area contributed by atoms with Crippen LogP contribution in [0.3, 0.4) is 0 Å². The van der Waals surface area contributed by atoms with Crippen LogP contribution in [-0.2, 0) is 16.1 Å². The lowest BCUT2D eigenvalue weighted by atomic mass is 10.0. The maximum atomic E-state index is 12.6. The predicted molar refractivity (Wildman–Crippen MR) is 97.1 cm³/mol. The summed E-state index contributed by atoms with van der Waals surface area (Å²) in [6.45, 7) is 8.75. The van der Waals surface area contributed by atoms with Crippen LogP contribution < -0.4 is 5.32 Å². The standard InChI is InChI=1S/C18H27N5O4/c1-12-19-9-14-11-22(17(26)23(12)14)13-5-7-21(8-6-13)15(24)10-20-16(25)27-18(2,3)4/h9,13H,5-8,10-11H2,1-4H3,(H,20,25). The van der Waals surface area contributed by atoms with E-state index in [9.17, 15) is 14.4 Å². The summed E-state index contributed by atoms with van der Waals surface area (Å²) in [7, 11) is 0. The number of carbonyl (C=O) groups excluding carboxylic acids is 3. The summed E-state index contributed by atoms with van der Waals surface area (Å²) in [6, 6.07) is 0.0797. The smallest absolute Gasteiger partial charge is 0.408 e. The Morgan fingerprint density at radius 2 is 1.96 bits per heavy atom. The van der Waals surface area contributed by atoms with Gasteiger partial charge in [-0.25, -0.2) is 14.6 Å². The number of fused-ring (bicyclic) bond motifs is 1. The fourth-order valence-electron chi connectivity index (χ4n) is 3.52. The van der Waals surface area contributed by atoms with Gasteiger partial charge >= 0.3 is 12.1 Å². The van der Waals surface area contributed by atoms with Crippen molar-refractivity contribution in [3.05, 3.63) is 17.7 Å². The molecule has 0 saturated carbocycles. The van der Waals surface area contributed by atoms with Crippen molar-refractivity contribution < 1.29 is 19.1 Å². The average Bonchev–Trinajstić information content (AvgIpc) is 3.12. The van der Waals surface area contributed by atoms with Gasteiger partial charge in [0, 0.05) is 19.1 Å². The van der Waals surface area contributed by atoms with Gasteiger partial charge in [-0.05, 0) is 40.5 Å². The molecule has 0 unspecified atom stereocenters. The molecular weight excluding hydrogens is 350 g/mol. The third-order valence-corrected chi connectivity index (χ3v) is 4.82. The Morgan fingerprint density at radius 3 is 2.56 bits per heavy atom. The number of hydrogen-bond acceptors (Lipinski definition) is 5. The lowest BCUT2D eigenvalue weighted by Crippen LogP contribution is -2.49. The molecule has 148 valence electrons. The lowest BCUT2D eigenvalue weighted by Gasteiger charge is -2.36. The van der Waals surface area contributed by atoms with Crippen LogP contribution in [-0.4, -0.2) is 68.7 Å². The quantitative estimate of drug-likeness (QED) is 0.861. The lowest BCUT2D eigenvalue weighted by molar-refractivity contribution is -0.131. The molecule has 2 aliphatic heterocycles. The van der Waals surface area contributed by atoms with E-state index in [2.05, 4.69) is 10.3 Å². The van der Waals surface area contributed by atoms with Gasteiger partial charge in [-0.2, -0.15) is 0 Å². The average molecular weight is 377 g/mol. The minimum Gasteiger partial charge on any atom is -0.444 e. The van der Waals surface area contributed by atoms with E-state index in [0.29, 0.717) is 25.5 Å². The van der Waals surface area contributed by atoms with Crippen LogP contribution in [0.2, 0.25) is 0 Å². The minimum absolute atomic E-state index is 0.0311. The monoisotopic (exact) mass is 377 g/mol. The van der Waals surface area contributed by atoms with E-state index in [1.54, 1.807) is 36.4 Å². The maximum Gasteiger partial charge on any atom is 0.408 e. The van der Waals surface area contributed by atoms with Gasteiger partial charge in [-0.3, -0.25) is 9.36 Å². The number of ether oxygens (including phenoxy) is 1. The van der Waals surface area contributed by atoms with Crippen LogP contribution in [0.1, 0.15) is 45.1 Å². The molecule has 0 bridgehead atoms. The molecular formula is C18H27N5O4. The van der Waals surface area contributed by atoms with Crippen molar-refractivity contribution in [2.45, 2.75) is 58.7 Å². The van der Waals surface area contributed by atoms with Crippen molar-refractivity contribution in [3.63, 3.8) is 0 Å². The molecule has 0 aliphatic carbocycles. The van der Waals surface area contributed by atoms with E-state index < -0.39 is 11.7 Å². The topological polar surface area (TPSA) is 96.8 Å². The SMILES string of the molecule is Cc1ncc2n1C(=O)N(C1CCN(C(=O)CNC(=O)OC(C)(C)C)CC1)C2. The van der Waals surface area contributed by atoms with Crippen LogP contribution in [0.15, 0.2) is 6.20 Å². The summed E-state index contributed by atoms with van der Waals surface area (Å²) in [5.74, 6) is 0.566. The predicted octanol–water partition coefficient (Wildman–Crippen LogP) is 1.49. The molecule has 0 atom stereocenters. The van der Waals surface area contributed by atoms with Gasteiger partial charge in [-0.15, -0.1) is 0 Å². The second kappa shape index (κ2) is 7.21. The number of nitrogens with zero attached hydrogens (tertiary/aromatic N) is 4. The maximum absolute atomic E-state index is 12.6. The summed E-state index contributed by atoms with van der Waals surface area (Å²) in [6.07, 6.45) is 2.59. The molecule has 3 rings (SSSR count). The Bertz CT molecular complexity index is 743. The van der Waals surface area contributed by atoms with Gasteiger partial charge in [0.15, 0.2) is 0 Å². The molecule has 27 heavy (non-hydrogen) atoms. The molecule has 9 nitrogen and oxygen atoms in total. The summed E-state index contributed by atoms with van der Waals surface area (Å²) in [5.41, 5.74) is 0.318. The molecule has 1 N–H and O–H groups in total. The van der Waals surface area contributed by atoms with E-state index in [-0.39, 0.29) is 24.5 Å². The first-order valence-corrected chi connectivity index (χ1v) is 9.24. The number of likely N-dealkylation sites (tertiary alicyclic amines) is 1. The number of aromatic nitrogens is 2. The number of amides is 3. The highest BCUT2D eigenvalue weighted by Crippen LogP contribution is 2.25. The number of nitrogens with one attached hydrogen (secondary N) is 1. The minimum atomic E-state index is -0.598. The normalized spacial score (nSPS) is 17.9. The van der Waals surface area contributed by atoms with Crippen LogP contribution in [0, 0.1) is 6.92 Å². The van der Waals surface area contributed by atoms with Gasteiger partial charge in [0.05, 0.1) is 18.4 Å². The van der Waals surface area contributed by atoms with Crippen molar-refractivity contribution >= 4 is 18.0 Å². The zero-order chi connectivity index (χ0) is 19.8. The van der Waals surface area contributed by atoms with Crippen molar-refractivity contribution in [2.75, 3.05) is 19.6 Å². The van der Waals surface area contributed by atoms with Crippen LogP contribution >= 0.6 is 0 Å². The number of carbonyl (C=O) groups is 3. The fourth-order valence-corrected chi connectivity index (χ4v) is 3.52. The van der Waals surface area contributed by atoms with Gasteiger partial charge in [0.1, 0.15) is 18.0 Å². The highest BCUT2D eigenvalue weighted by Gasteiger charge is 2.36. The zero-order valence-electron chi connectivity index (χ0n) is 16.3. The van der Waals surface area contributed by atoms with Gasteiger partial charge in [0.25, 0.3) is 0 Å². The Labute approximate surface area is 158 Å². The Hall–Kier alpha value is -2.58.